The van der Waals surface area contributed by atoms with Gasteiger partial charge in [-0.2, -0.15) is 12.6 Å². The number of carbonyl (C=O) groups excluding carboxylic acids is 4. The van der Waals surface area contributed by atoms with Gasteiger partial charge in [-0.25, -0.2) is 0 Å². The zero-order chi connectivity index (χ0) is 31.8. The van der Waals surface area contributed by atoms with Crippen molar-refractivity contribution in [2.75, 3.05) is 44.2 Å². The normalized spacial score (nSPS) is 12.8. The van der Waals surface area contributed by atoms with E-state index in [-0.39, 0.29) is 54.1 Å². The molecular formula is C30H53N7O4S. The Labute approximate surface area is 257 Å². The summed E-state index contributed by atoms with van der Waals surface area (Å²) >= 11 is 4.73. The van der Waals surface area contributed by atoms with Gasteiger partial charge in [0, 0.05) is 87.5 Å². The van der Waals surface area contributed by atoms with E-state index < -0.39 is 5.54 Å². The molecule has 0 saturated heterocycles. The molecule has 0 spiro atoms. The van der Waals surface area contributed by atoms with Crippen LogP contribution in [0.3, 0.4) is 0 Å². The van der Waals surface area contributed by atoms with Crippen molar-refractivity contribution in [3.05, 3.63) is 29.8 Å². The molecule has 0 aliphatic rings. The van der Waals surface area contributed by atoms with E-state index in [0.29, 0.717) is 64.3 Å². The molecule has 1 unspecified atom stereocenters. The van der Waals surface area contributed by atoms with E-state index in [1.54, 1.807) is 9.80 Å². The molecule has 1 aromatic rings. The summed E-state index contributed by atoms with van der Waals surface area (Å²) in [6.45, 7) is 10.6. The third kappa shape index (κ3) is 15.5. The van der Waals surface area contributed by atoms with Crippen LogP contribution < -0.4 is 32.7 Å². The fourth-order valence-electron chi connectivity index (χ4n) is 3.98. The van der Waals surface area contributed by atoms with E-state index in [4.69, 9.17) is 29.8 Å². The summed E-state index contributed by atoms with van der Waals surface area (Å²) < 4.78 is -0.240. The van der Waals surface area contributed by atoms with E-state index in [1.165, 1.54) is 0 Å². The Kier molecular flexibility index (Phi) is 16.7. The first-order valence-electron chi connectivity index (χ1n) is 14.8. The Morgan fingerprint density at radius 2 is 1.33 bits per heavy atom. The second-order valence-corrected chi connectivity index (χ2v) is 12.7. The summed E-state index contributed by atoms with van der Waals surface area (Å²) in [5.41, 5.74) is 18.2. The maximum Gasteiger partial charge on any atom is 0.227 e. The van der Waals surface area contributed by atoms with Crippen molar-refractivity contribution in [3.63, 3.8) is 0 Å². The number of benzene rings is 1. The predicted octanol–water partition coefficient (Wildman–Crippen LogP) is 1.67. The summed E-state index contributed by atoms with van der Waals surface area (Å²) in [5, 5.41) is 5.38. The lowest BCUT2D eigenvalue weighted by Gasteiger charge is -2.29. The monoisotopic (exact) mass is 607 g/mol. The lowest BCUT2D eigenvalue weighted by atomic mass is 10.0. The zero-order valence-corrected chi connectivity index (χ0v) is 26.8. The smallest absolute Gasteiger partial charge is 0.227 e. The largest absolute Gasteiger partial charge is 0.355 e. The summed E-state index contributed by atoms with van der Waals surface area (Å²) in [7, 11) is 0. The second kappa shape index (κ2) is 18.8. The number of hydrogen-bond acceptors (Lipinski definition) is 8. The molecule has 0 heterocycles. The highest BCUT2D eigenvalue weighted by Crippen LogP contribution is 2.26. The number of carbonyl (C=O) groups is 4. The summed E-state index contributed by atoms with van der Waals surface area (Å²) in [6.07, 6.45) is 2.44. The Morgan fingerprint density at radius 1 is 0.810 bits per heavy atom. The van der Waals surface area contributed by atoms with Crippen LogP contribution in [0.15, 0.2) is 24.3 Å². The molecule has 0 radical (unpaired) electrons. The zero-order valence-electron chi connectivity index (χ0n) is 25.9. The number of hydrogen-bond donors (Lipinski definition) is 6. The highest BCUT2D eigenvalue weighted by molar-refractivity contribution is 7.81. The second-order valence-electron chi connectivity index (χ2n) is 11.6. The Hall–Kier alpha value is -2.67. The van der Waals surface area contributed by atoms with Crippen molar-refractivity contribution < 1.29 is 19.2 Å². The van der Waals surface area contributed by atoms with Gasteiger partial charge in [0.25, 0.3) is 0 Å². The van der Waals surface area contributed by atoms with Crippen molar-refractivity contribution in [2.24, 2.45) is 17.2 Å². The molecule has 4 amide bonds. The van der Waals surface area contributed by atoms with Gasteiger partial charge in [0.15, 0.2) is 0 Å². The quantitative estimate of drug-likeness (QED) is 0.122. The number of nitrogens with two attached hydrogens (primary N) is 3. The van der Waals surface area contributed by atoms with Crippen LogP contribution in [0.4, 0.5) is 5.69 Å². The first-order chi connectivity index (χ1) is 19.7. The number of rotatable bonds is 20. The first kappa shape index (κ1) is 37.4. The minimum atomic E-state index is -0.455. The van der Waals surface area contributed by atoms with Gasteiger partial charge in [0.2, 0.25) is 23.6 Å². The Bertz CT molecular complexity index is 996. The highest BCUT2D eigenvalue weighted by Gasteiger charge is 2.23. The van der Waals surface area contributed by atoms with Gasteiger partial charge in [-0.1, -0.05) is 26.0 Å². The van der Waals surface area contributed by atoms with Gasteiger partial charge in [0.05, 0.1) is 0 Å². The number of amides is 4. The van der Waals surface area contributed by atoms with Crippen molar-refractivity contribution >= 4 is 41.9 Å². The molecule has 12 heteroatoms. The Morgan fingerprint density at radius 3 is 1.81 bits per heavy atom. The average molecular weight is 608 g/mol. The van der Waals surface area contributed by atoms with Gasteiger partial charge in [-0.05, 0) is 50.8 Å². The number of nitrogens with zero attached hydrogens (tertiary/aromatic N) is 2. The van der Waals surface area contributed by atoms with Crippen LogP contribution in [0, 0.1) is 0 Å². The van der Waals surface area contributed by atoms with Gasteiger partial charge < -0.3 is 37.6 Å². The SMILES string of the molecule is CCC(C)(S)CCN(C(=O)CCC(=O)NCCN)c1ccc(CN(CCC(C)(C)N)C(=O)CCC(=O)NCCN)cc1. The lowest BCUT2D eigenvalue weighted by molar-refractivity contribution is -0.134. The van der Waals surface area contributed by atoms with Crippen LogP contribution in [0.25, 0.3) is 0 Å². The van der Waals surface area contributed by atoms with Crippen LogP contribution in [0.5, 0.6) is 0 Å². The third-order valence-electron chi connectivity index (χ3n) is 7.00. The van der Waals surface area contributed by atoms with Crippen LogP contribution in [0.1, 0.15) is 78.2 Å². The molecule has 1 atom stereocenters. The highest BCUT2D eigenvalue weighted by atomic mass is 32.1. The van der Waals surface area contributed by atoms with Crippen LogP contribution >= 0.6 is 12.6 Å². The lowest BCUT2D eigenvalue weighted by Crippen LogP contribution is -2.40. The van der Waals surface area contributed by atoms with Crippen molar-refractivity contribution in [3.8, 4) is 0 Å². The molecule has 42 heavy (non-hydrogen) atoms. The third-order valence-corrected chi connectivity index (χ3v) is 7.54. The average Bonchev–Trinajstić information content (AvgIpc) is 2.94. The fourth-order valence-corrected chi connectivity index (χ4v) is 4.08. The van der Waals surface area contributed by atoms with Crippen molar-refractivity contribution in [1.29, 1.82) is 0 Å². The molecule has 0 saturated carbocycles. The first-order valence-corrected chi connectivity index (χ1v) is 15.3. The summed E-state index contributed by atoms with van der Waals surface area (Å²) in [6, 6.07) is 7.51. The van der Waals surface area contributed by atoms with Crippen LogP contribution in [-0.2, 0) is 25.7 Å². The van der Waals surface area contributed by atoms with E-state index >= 15 is 0 Å². The number of nitrogens with one attached hydrogen (secondary N) is 2. The van der Waals surface area contributed by atoms with Gasteiger partial charge in [-0.15, -0.1) is 0 Å². The fraction of sp³-hybridized carbons (Fsp3) is 0.667. The minimum Gasteiger partial charge on any atom is -0.355 e. The van der Waals surface area contributed by atoms with Gasteiger partial charge >= 0.3 is 0 Å². The number of thiol groups is 1. The molecule has 0 aliphatic carbocycles. The summed E-state index contributed by atoms with van der Waals surface area (Å²) in [5.74, 6) is -0.706. The molecule has 1 aromatic carbocycles. The molecule has 0 aliphatic heterocycles. The van der Waals surface area contributed by atoms with Gasteiger partial charge in [-0.3, -0.25) is 19.2 Å². The van der Waals surface area contributed by atoms with E-state index in [1.807, 2.05) is 45.0 Å². The predicted molar refractivity (Wildman–Crippen MR) is 172 cm³/mol. The minimum absolute atomic E-state index is 0.0730. The summed E-state index contributed by atoms with van der Waals surface area (Å²) in [4.78, 5) is 53.8. The van der Waals surface area contributed by atoms with Crippen LogP contribution in [-0.4, -0.2) is 78.1 Å². The van der Waals surface area contributed by atoms with Crippen molar-refractivity contribution in [2.45, 2.75) is 89.5 Å². The molecular weight excluding hydrogens is 554 g/mol. The maximum absolute atomic E-state index is 13.2. The molecule has 0 aromatic heterocycles. The van der Waals surface area contributed by atoms with Crippen molar-refractivity contribution in [1.82, 2.24) is 15.5 Å². The van der Waals surface area contributed by atoms with Crippen LogP contribution in [0.2, 0.25) is 0 Å². The maximum atomic E-state index is 13.2. The Balaban J connectivity index is 3.05. The molecule has 11 nitrogen and oxygen atoms in total. The van der Waals surface area contributed by atoms with E-state index in [0.717, 1.165) is 12.0 Å². The van der Waals surface area contributed by atoms with E-state index in [2.05, 4.69) is 17.6 Å². The molecule has 1 rings (SSSR count). The number of anilines is 1. The molecule has 0 fully saturated rings. The molecule has 8 N–H and O–H groups in total. The topological polar surface area (TPSA) is 177 Å². The molecule has 238 valence electrons. The van der Waals surface area contributed by atoms with E-state index in [9.17, 15) is 19.2 Å². The van der Waals surface area contributed by atoms with Gasteiger partial charge in [0.1, 0.15) is 0 Å². The molecule has 0 bridgehead atoms. The standard InChI is InChI=1S/C30H53N7O4S/c1-5-30(4,42)15-21-37(28(41)13-11-26(39)35-19-17-32)24-8-6-23(7-9-24)22-36(20-14-29(2,3)33)27(40)12-10-25(38)34-18-16-31/h6-9,42H,5,10-22,31-33H2,1-4H3,(H,34,38)(H,35,39).